The van der Waals surface area contributed by atoms with Gasteiger partial charge in [0.2, 0.25) is 0 Å². The van der Waals surface area contributed by atoms with Crippen molar-refractivity contribution in [2.45, 2.75) is 59.3 Å². The van der Waals surface area contributed by atoms with E-state index in [1.54, 1.807) is 36.0 Å². The third-order valence-corrected chi connectivity index (χ3v) is 12.3. The smallest absolute Gasteiger partial charge is 0.136 e. The lowest BCUT2D eigenvalue weighted by Crippen LogP contribution is -2.50. The first-order chi connectivity index (χ1) is 20.2. The van der Waals surface area contributed by atoms with Crippen molar-refractivity contribution in [1.82, 2.24) is 0 Å². The van der Waals surface area contributed by atoms with Gasteiger partial charge in [0.15, 0.2) is 0 Å². The Balaban J connectivity index is 1.58. The molecule has 6 heteroatoms. The lowest BCUT2D eigenvalue weighted by molar-refractivity contribution is -0.129. The van der Waals surface area contributed by atoms with Gasteiger partial charge in [-0.15, -0.1) is 11.8 Å². The second-order valence-corrected chi connectivity index (χ2v) is 14.8. The molecule has 3 aromatic carbocycles. The summed E-state index contributed by atoms with van der Waals surface area (Å²) in [6.45, 7) is 11.5. The molecule has 0 N–H and O–H groups in total. The first kappa shape index (κ1) is 30.7. The number of rotatable bonds is 8. The number of hydrogen-bond acceptors (Lipinski definition) is 3. The highest BCUT2D eigenvalue weighted by atomic mass is 35.5. The van der Waals surface area contributed by atoms with Crippen LogP contribution in [0.1, 0.15) is 41.9 Å². The molecule has 5 unspecified atom stereocenters. The van der Waals surface area contributed by atoms with Crippen LogP contribution in [0.15, 0.2) is 119 Å². The summed E-state index contributed by atoms with van der Waals surface area (Å²) in [5.74, 6) is -1.06. The van der Waals surface area contributed by atoms with Crippen molar-refractivity contribution < 1.29 is 13.4 Å². The number of ketones is 1. The molecular weight excluding hydrogens is 583 g/mol. The molecule has 0 heterocycles. The lowest BCUT2D eigenvalue weighted by Gasteiger charge is -2.49. The molecule has 3 aromatic rings. The Labute approximate surface area is 260 Å². The first-order valence-corrected chi connectivity index (χ1v) is 16.8. The molecule has 2 fully saturated rings. The maximum atomic E-state index is 14.9. The molecule has 2 aliphatic rings. The van der Waals surface area contributed by atoms with Crippen LogP contribution in [0.5, 0.6) is 0 Å². The summed E-state index contributed by atoms with van der Waals surface area (Å²) in [6, 6.07) is 24.0. The number of hydrogen-bond donors (Lipinski definition) is 0. The third kappa shape index (κ3) is 6.59. The van der Waals surface area contributed by atoms with Gasteiger partial charge in [0.1, 0.15) is 11.6 Å². The predicted octanol–water partition coefficient (Wildman–Crippen LogP) is 9.59. The second-order valence-electron chi connectivity index (χ2n) is 11.5. The maximum absolute atomic E-state index is 14.9. The summed E-state index contributed by atoms with van der Waals surface area (Å²) in [7, 11) is -1.34. The summed E-state index contributed by atoms with van der Waals surface area (Å²) in [4.78, 5) is 15.7. The van der Waals surface area contributed by atoms with E-state index in [4.69, 9.17) is 11.6 Å². The third-order valence-electron chi connectivity index (χ3n) is 8.76. The summed E-state index contributed by atoms with van der Waals surface area (Å²) < 4.78 is 29.1. The average Bonchev–Trinajstić information content (AvgIpc) is 2.98. The number of allylic oxidation sites excluding steroid dienone is 4. The van der Waals surface area contributed by atoms with Gasteiger partial charge in [0.05, 0.1) is 10.8 Å². The average molecular weight is 619 g/mol. The first-order valence-electron chi connectivity index (χ1n) is 14.3. The van der Waals surface area contributed by atoms with E-state index in [9.17, 15) is 13.4 Å². The van der Waals surface area contributed by atoms with E-state index in [0.717, 1.165) is 20.9 Å². The van der Waals surface area contributed by atoms with Crippen LogP contribution in [-0.2, 0) is 15.6 Å². The molecule has 0 bridgehead atoms. The van der Waals surface area contributed by atoms with Gasteiger partial charge < -0.3 is 0 Å². The van der Waals surface area contributed by atoms with Crippen molar-refractivity contribution in [1.29, 1.82) is 0 Å². The maximum Gasteiger partial charge on any atom is 0.136 e. The number of carbonyl (C=O) groups excluding carboxylic acids is 1. The topological polar surface area (TPSA) is 34.1 Å². The van der Waals surface area contributed by atoms with Crippen molar-refractivity contribution in [3.8, 4) is 0 Å². The highest BCUT2D eigenvalue weighted by Gasteiger charge is 2.52. The van der Waals surface area contributed by atoms with Gasteiger partial charge >= 0.3 is 0 Å². The highest BCUT2D eigenvalue weighted by Crippen LogP contribution is 2.54. The Morgan fingerprint density at radius 3 is 2.17 bits per heavy atom. The van der Waals surface area contributed by atoms with E-state index in [0.29, 0.717) is 23.4 Å². The Hall–Kier alpha value is -2.73. The predicted molar refractivity (Wildman–Crippen MR) is 174 cm³/mol. The quantitative estimate of drug-likeness (QED) is 0.236. The Morgan fingerprint density at radius 2 is 1.57 bits per heavy atom. The van der Waals surface area contributed by atoms with E-state index in [1.807, 2.05) is 12.1 Å². The van der Waals surface area contributed by atoms with Gasteiger partial charge in [0, 0.05) is 43.6 Å². The number of fused-ring (bicyclic) bond motifs is 1. The summed E-state index contributed by atoms with van der Waals surface area (Å²) in [6.07, 6.45) is 4.67. The number of aryl methyl sites for hydroxylation is 2. The van der Waals surface area contributed by atoms with Gasteiger partial charge in [-0.25, -0.2) is 4.39 Å². The zero-order valence-corrected chi connectivity index (χ0v) is 26.4. The molecule has 0 radical (unpaired) electrons. The summed E-state index contributed by atoms with van der Waals surface area (Å²) in [5.41, 5.74) is 3.89. The fourth-order valence-electron chi connectivity index (χ4n) is 6.63. The van der Waals surface area contributed by atoms with Crippen LogP contribution in [0.2, 0.25) is 5.02 Å². The van der Waals surface area contributed by atoms with Crippen LogP contribution in [0.3, 0.4) is 0 Å². The molecule has 7 atom stereocenters. The molecule has 0 aromatic heterocycles. The molecule has 5 rings (SSSR count). The number of halogens is 2. The lowest BCUT2D eigenvalue weighted by atomic mass is 9.61. The van der Waals surface area contributed by atoms with Crippen molar-refractivity contribution in [3.05, 3.63) is 131 Å². The standard InChI is InChI=1S/C36H36ClFO2S2/c1-5-6-29(24(4)38)33-20-34(39)31-21-35(42(40)28-17-13-26(37)14-18-28)30(25-11-7-22(2)8-12-25)19-32(31)36(33)41-27-15-9-23(3)10-16-27/h5-18,30-33,35-36H,1,4,19-21H2,2-3H3/b29-6+/t30?,31-,32+,33?,35?,36?,42?/m1/s1. The fraction of sp³-hybridized carbons (Fsp3) is 0.306. The van der Waals surface area contributed by atoms with Crippen LogP contribution in [-0.4, -0.2) is 20.5 Å². The minimum absolute atomic E-state index is 0.0279. The van der Waals surface area contributed by atoms with E-state index >= 15 is 0 Å². The van der Waals surface area contributed by atoms with E-state index in [2.05, 4.69) is 75.5 Å². The molecule has 2 saturated carbocycles. The Kier molecular flexibility index (Phi) is 9.71. The molecule has 218 valence electrons. The zero-order valence-electron chi connectivity index (χ0n) is 24.0. The molecule has 2 aliphatic carbocycles. The molecule has 0 spiro atoms. The molecule has 42 heavy (non-hydrogen) atoms. The SMILES string of the molecule is C=C/C=C(\C(=C)F)C1CC(=O)[C@@H]2CC(S(=O)c3ccc(Cl)cc3)C(c3ccc(C)cc3)C[C@@H]2C1Sc1ccc(C)cc1. The molecule has 0 amide bonds. The van der Waals surface area contributed by atoms with E-state index in [1.165, 1.54) is 5.56 Å². The van der Waals surface area contributed by atoms with Crippen molar-refractivity contribution in [2.24, 2.45) is 17.8 Å². The van der Waals surface area contributed by atoms with Crippen LogP contribution < -0.4 is 0 Å². The Morgan fingerprint density at radius 1 is 0.952 bits per heavy atom. The van der Waals surface area contributed by atoms with Crippen LogP contribution in [0, 0.1) is 31.6 Å². The van der Waals surface area contributed by atoms with Crippen molar-refractivity contribution in [2.75, 3.05) is 0 Å². The van der Waals surface area contributed by atoms with Crippen molar-refractivity contribution in [3.63, 3.8) is 0 Å². The summed E-state index contributed by atoms with van der Waals surface area (Å²) >= 11 is 7.86. The minimum Gasteiger partial charge on any atom is -0.299 e. The molecular formula is C36H36ClFO2S2. The van der Waals surface area contributed by atoms with Gasteiger partial charge in [0.25, 0.3) is 0 Å². The van der Waals surface area contributed by atoms with Gasteiger partial charge in [-0.3, -0.25) is 9.00 Å². The van der Waals surface area contributed by atoms with E-state index in [-0.39, 0.29) is 46.4 Å². The Bertz CT molecular complexity index is 1510. The van der Waals surface area contributed by atoms with Gasteiger partial charge in [-0.2, -0.15) is 0 Å². The zero-order chi connectivity index (χ0) is 30.0. The van der Waals surface area contributed by atoms with Crippen LogP contribution in [0.25, 0.3) is 0 Å². The molecule has 0 saturated heterocycles. The monoisotopic (exact) mass is 618 g/mol. The van der Waals surface area contributed by atoms with Gasteiger partial charge in [-0.05, 0) is 86.1 Å². The molecule has 0 aliphatic heterocycles. The minimum atomic E-state index is -1.34. The largest absolute Gasteiger partial charge is 0.299 e. The van der Waals surface area contributed by atoms with Crippen molar-refractivity contribution >= 4 is 39.9 Å². The number of thioether (sulfide) groups is 1. The number of Topliss-reactive ketones (excluding diaryl/α,β-unsaturated/α-hetero) is 1. The number of carbonyl (C=O) groups is 1. The van der Waals surface area contributed by atoms with Crippen LogP contribution in [0.4, 0.5) is 4.39 Å². The van der Waals surface area contributed by atoms with Crippen LogP contribution >= 0.6 is 23.4 Å². The van der Waals surface area contributed by atoms with Gasteiger partial charge in [-0.1, -0.05) is 84.4 Å². The fourth-order valence-corrected chi connectivity index (χ4v) is 9.95. The summed E-state index contributed by atoms with van der Waals surface area (Å²) in [5, 5.41) is 0.295. The normalized spacial score (nSPS) is 26.8. The number of benzene rings is 3. The van der Waals surface area contributed by atoms with E-state index < -0.39 is 16.6 Å². The highest BCUT2D eigenvalue weighted by molar-refractivity contribution is 8.00. The molecule has 2 nitrogen and oxygen atoms in total. The second kappa shape index (κ2) is 13.3.